The van der Waals surface area contributed by atoms with Crippen molar-refractivity contribution in [3.8, 4) is 11.3 Å². The van der Waals surface area contributed by atoms with E-state index in [1.807, 2.05) is 50.2 Å². The van der Waals surface area contributed by atoms with Gasteiger partial charge in [-0.2, -0.15) is 0 Å². The number of aryl methyl sites for hydroxylation is 1. The highest BCUT2D eigenvalue weighted by molar-refractivity contribution is 6.42. The van der Waals surface area contributed by atoms with Crippen LogP contribution in [0, 0.1) is 0 Å². The van der Waals surface area contributed by atoms with E-state index in [1.54, 1.807) is 18.3 Å². The van der Waals surface area contributed by atoms with Crippen LogP contribution in [0.15, 0.2) is 59.1 Å². The van der Waals surface area contributed by atoms with Gasteiger partial charge in [-0.15, -0.1) is 0 Å². The van der Waals surface area contributed by atoms with Gasteiger partial charge < -0.3 is 9.73 Å². The number of nitrogens with one attached hydrogen (secondary N) is 1. The summed E-state index contributed by atoms with van der Waals surface area (Å²) in [5, 5.41) is 3.97. The molecule has 27 heavy (non-hydrogen) atoms. The van der Waals surface area contributed by atoms with Crippen LogP contribution < -0.4 is 5.32 Å². The van der Waals surface area contributed by atoms with E-state index in [0.717, 1.165) is 11.1 Å². The molecule has 2 aromatic carbocycles. The van der Waals surface area contributed by atoms with Gasteiger partial charge in [-0.05, 0) is 31.5 Å². The Morgan fingerprint density at radius 3 is 2.56 bits per heavy atom. The third-order valence-electron chi connectivity index (χ3n) is 4.27. The Bertz CT molecular complexity index is 936. The van der Waals surface area contributed by atoms with E-state index in [-0.39, 0.29) is 12.3 Å². The molecule has 0 fully saturated rings. The van der Waals surface area contributed by atoms with Crippen LogP contribution >= 0.6 is 23.2 Å². The maximum Gasteiger partial charge on any atom is 0.221 e. The number of hydrogen-bond donors (Lipinski definition) is 1. The Balaban J connectivity index is 1.59. The minimum atomic E-state index is -0.572. The van der Waals surface area contributed by atoms with Crippen LogP contribution in [0.1, 0.15) is 31.7 Å². The number of aromatic nitrogens is 1. The van der Waals surface area contributed by atoms with Crippen LogP contribution in [0.5, 0.6) is 0 Å². The van der Waals surface area contributed by atoms with Gasteiger partial charge in [0, 0.05) is 18.4 Å². The average Bonchev–Trinajstić information content (AvgIpc) is 3.12. The van der Waals surface area contributed by atoms with Gasteiger partial charge in [-0.25, -0.2) is 4.98 Å². The van der Waals surface area contributed by atoms with Gasteiger partial charge in [0.1, 0.15) is 0 Å². The fourth-order valence-corrected chi connectivity index (χ4v) is 3.05. The molecule has 0 atom stereocenters. The van der Waals surface area contributed by atoms with Crippen LogP contribution in [0.25, 0.3) is 11.3 Å². The van der Waals surface area contributed by atoms with Gasteiger partial charge in [0.05, 0.1) is 21.8 Å². The van der Waals surface area contributed by atoms with Crippen LogP contribution in [-0.4, -0.2) is 10.9 Å². The molecule has 6 heteroatoms. The molecular weight excluding hydrogens is 383 g/mol. The van der Waals surface area contributed by atoms with E-state index >= 15 is 0 Å². The SMILES string of the molecule is CC(C)(NC(=O)CCc1ncc(-c2ccccc2)o1)c1ccc(Cl)c(Cl)c1. The van der Waals surface area contributed by atoms with Crippen LogP contribution in [0.2, 0.25) is 10.0 Å². The number of oxazole rings is 1. The molecule has 0 saturated heterocycles. The molecule has 0 spiro atoms. The summed E-state index contributed by atoms with van der Waals surface area (Å²) in [6, 6.07) is 15.1. The van der Waals surface area contributed by atoms with Crippen LogP contribution in [-0.2, 0) is 16.8 Å². The summed E-state index contributed by atoms with van der Waals surface area (Å²) < 4.78 is 5.74. The Morgan fingerprint density at radius 2 is 1.85 bits per heavy atom. The lowest BCUT2D eigenvalue weighted by atomic mass is 9.94. The summed E-state index contributed by atoms with van der Waals surface area (Å²) in [5.41, 5.74) is 1.27. The zero-order chi connectivity index (χ0) is 19.4. The maximum absolute atomic E-state index is 12.4. The summed E-state index contributed by atoms with van der Waals surface area (Å²) in [7, 11) is 0. The Labute approximate surface area is 168 Å². The Kier molecular flexibility index (Phi) is 5.88. The zero-order valence-electron chi connectivity index (χ0n) is 15.1. The lowest BCUT2D eigenvalue weighted by Crippen LogP contribution is -2.41. The first-order chi connectivity index (χ1) is 12.8. The van der Waals surface area contributed by atoms with Gasteiger partial charge in [0.25, 0.3) is 0 Å². The van der Waals surface area contributed by atoms with E-state index in [0.29, 0.717) is 28.1 Å². The minimum absolute atomic E-state index is 0.0921. The van der Waals surface area contributed by atoms with E-state index in [4.69, 9.17) is 27.6 Å². The van der Waals surface area contributed by atoms with Crippen molar-refractivity contribution in [3.05, 3.63) is 76.2 Å². The largest absolute Gasteiger partial charge is 0.441 e. The van der Waals surface area contributed by atoms with Crippen LogP contribution in [0.3, 0.4) is 0 Å². The highest BCUT2D eigenvalue weighted by atomic mass is 35.5. The fourth-order valence-electron chi connectivity index (χ4n) is 2.75. The second-order valence-electron chi connectivity index (χ2n) is 6.79. The van der Waals surface area contributed by atoms with E-state index in [9.17, 15) is 4.79 Å². The van der Waals surface area contributed by atoms with Crippen molar-refractivity contribution in [2.45, 2.75) is 32.2 Å². The van der Waals surface area contributed by atoms with E-state index < -0.39 is 5.54 Å². The molecule has 3 aromatic rings. The molecule has 1 N–H and O–H groups in total. The topological polar surface area (TPSA) is 55.1 Å². The van der Waals surface area contributed by atoms with E-state index in [1.165, 1.54) is 0 Å². The van der Waals surface area contributed by atoms with Crippen molar-refractivity contribution in [1.82, 2.24) is 10.3 Å². The molecule has 3 rings (SSSR count). The average molecular weight is 403 g/mol. The van der Waals surface area contributed by atoms with Crippen molar-refractivity contribution in [1.29, 1.82) is 0 Å². The Morgan fingerprint density at radius 1 is 1.11 bits per heavy atom. The number of rotatable bonds is 6. The first kappa shape index (κ1) is 19.5. The van der Waals surface area contributed by atoms with Gasteiger partial charge >= 0.3 is 0 Å². The molecule has 0 aliphatic carbocycles. The predicted molar refractivity (Wildman–Crippen MR) is 108 cm³/mol. The summed E-state index contributed by atoms with van der Waals surface area (Å²) in [4.78, 5) is 16.7. The minimum Gasteiger partial charge on any atom is -0.441 e. The maximum atomic E-state index is 12.4. The van der Waals surface area contributed by atoms with Gasteiger partial charge in [0.2, 0.25) is 5.91 Å². The number of carbonyl (C=O) groups excluding carboxylic acids is 1. The predicted octanol–water partition coefficient (Wildman–Crippen LogP) is 5.63. The second kappa shape index (κ2) is 8.15. The van der Waals surface area contributed by atoms with E-state index in [2.05, 4.69) is 10.3 Å². The number of halogens is 2. The van der Waals surface area contributed by atoms with Gasteiger partial charge in [-0.3, -0.25) is 4.79 Å². The molecule has 0 saturated carbocycles. The van der Waals surface area contributed by atoms with Crippen molar-refractivity contribution in [2.24, 2.45) is 0 Å². The number of carbonyl (C=O) groups is 1. The summed E-state index contributed by atoms with van der Waals surface area (Å²) in [6.45, 7) is 3.84. The van der Waals surface area contributed by atoms with Gasteiger partial charge in [0.15, 0.2) is 11.7 Å². The summed E-state index contributed by atoms with van der Waals surface area (Å²) in [6.07, 6.45) is 2.39. The standard InChI is InChI=1S/C21H20Cl2N2O2/c1-21(2,15-8-9-16(22)17(23)12-15)25-19(26)10-11-20-24-13-18(27-20)14-6-4-3-5-7-14/h3-9,12-13H,10-11H2,1-2H3,(H,25,26). The number of nitrogens with zero attached hydrogens (tertiary/aromatic N) is 1. The number of hydrogen-bond acceptors (Lipinski definition) is 3. The van der Waals surface area contributed by atoms with Crippen molar-refractivity contribution >= 4 is 29.1 Å². The first-order valence-electron chi connectivity index (χ1n) is 8.62. The van der Waals surface area contributed by atoms with Crippen molar-refractivity contribution in [2.75, 3.05) is 0 Å². The molecule has 0 aliphatic heterocycles. The normalized spacial score (nSPS) is 11.4. The second-order valence-corrected chi connectivity index (χ2v) is 7.60. The highest BCUT2D eigenvalue weighted by Gasteiger charge is 2.23. The number of benzene rings is 2. The summed E-state index contributed by atoms with van der Waals surface area (Å²) >= 11 is 12.0. The number of amides is 1. The zero-order valence-corrected chi connectivity index (χ0v) is 16.6. The molecule has 0 radical (unpaired) electrons. The molecule has 0 unspecified atom stereocenters. The third kappa shape index (κ3) is 4.90. The lowest BCUT2D eigenvalue weighted by molar-refractivity contribution is -0.122. The fraction of sp³-hybridized carbons (Fsp3) is 0.238. The van der Waals surface area contributed by atoms with Crippen molar-refractivity contribution in [3.63, 3.8) is 0 Å². The quantitative estimate of drug-likeness (QED) is 0.580. The molecule has 140 valence electrons. The van der Waals surface area contributed by atoms with Crippen LogP contribution in [0.4, 0.5) is 0 Å². The third-order valence-corrected chi connectivity index (χ3v) is 5.01. The molecule has 0 aliphatic rings. The molecule has 1 aromatic heterocycles. The Hall–Kier alpha value is -2.30. The molecule has 0 bridgehead atoms. The van der Waals surface area contributed by atoms with Crippen molar-refractivity contribution < 1.29 is 9.21 Å². The molecule has 1 amide bonds. The van der Waals surface area contributed by atoms with Gasteiger partial charge in [-0.1, -0.05) is 59.6 Å². The molecule has 4 nitrogen and oxygen atoms in total. The first-order valence-corrected chi connectivity index (χ1v) is 9.37. The highest BCUT2D eigenvalue weighted by Crippen LogP contribution is 2.28. The smallest absolute Gasteiger partial charge is 0.221 e. The summed E-state index contributed by atoms with van der Waals surface area (Å²) in [5.74, 6) is 1.14. The lowest BCUT2D eigenvalue weighted by Gasteiger charge is -2.27. The molecular formula is C21H20Cl2N2O2. The molecule has 1 heterocycles. The monoisotopic (exact) mass is 402 g/mol.